The third-order valence-corrected chi connectivity index (χ3v) is 4.57. The van der Waals surface area contributed by atoms with E-state index < -0.39 is 0 Å². The summed E-state index contributed by atoms with van der Waals surface area (Å²) in [5, 5.41) is 3.47. The highest BCUT2D eigenvalue weighted by atomic mass is 35.5. The van der Waals surface area contributed by atoms with Crippen LogP contribution in [0.1, 0.15) is 47.1 Å². The lowest BCUT2D eigenvalue weighted by molar-refractivity contribution is 0.0939. The molecule has 1 aromatic carbocycles. The van der Waals surface area contributed by atoms with E-state index in [1.54, 1.807) is 6.92 Å². The zero-order chi connectivity index (χ0) is 16.3. The molecule has 5 heteroatoms. The minimum absolute atomic E-state index is 0.130. The van der Waals surface area contributed by atoms with Crippen LogP contribution in [0.4, 0.5) is 0 Å². The van der Waals surface area contributed by atoms with Gasteiger partial charge < -0.3 is 5.32 Å². The molecule has 0 saturated carbocycles. The normalized spacial score (nSPS) is 12.0. The fraction of sp³-hybridized carbons (Fsp3) is 0.294. The lowest BCUT2D eigenvalue weighted by Gasteiger charge is -2.16. The summed E-state index contributed by atoms with van der Waals surface area (Å²) in [7, 11) is 0. The highest BCUT2D eigenvalue weighted by Gasteiger charge is 2.17. The fourth-order valence-corrected chi connectivity index (χ4v) is 2.53. The Kier molecular flexibility index (Phi) is 5.43. The van der Waals surface area contributed by atoms with Crippen molar-refractivity contribution in [3.63, 3.8) is 0 Å². The second-order valence-corrected chi connectivity index (χ2v) is 5.93. The number of hydrogen-bond acceptors (Lipinski definition) is 2. The molecule has 1 heterocycles. The molecule has 0 bridgehead atoms. The van der Waals surface area contributed by atoms with Crippen LogP contribution >= 0.6 is 23.2 Å². The van der Waals surface area contributed by atoms with E-state index in [1.807, 2.05) is 19.1 Å². The first kappa shape index (κ1) is 16.8. The van der Waals surface area contributed by atoms with Gasteiger partial charge in [0.1, 0.15) is 0 Å². The van der Waals surface area contributed by atoms with E-state index in [-0.39, 0.29) is 22.5 Å². The second-order valence-electron chi connectivity index (χ2n) is 5.18. The van der Waals surface area contributed by atoms with Crippen LogP contribution in [0.5, 0.6) is 0 Å². The maximum absolute atomic E-state index is 12.3. The van der Waals surface area contributed by atoms with Gasteiger partial charge in [0.15, 0.2) is 0 Å². The van der Waals surface area contributed by atoms with Gasteiger partial charge in [-0.3, -0.25) is 9.78 Å². The molecule has 1 N–H and O–H groups in total. The lowest BCUT2D eigenvalue weighted by atomic mass is 10.0. The number of nitrogens with one attached hydrogen (secondary N) is 1. The van der Waals surface area contributed by atoms with Gasteiger partial charge >= 0.3 is 0 Å². The molecule has 0 aliphatic carbocycles. The molecule has 1 amide bonds. The van der Waals surface area contributed by atoms with Gasteiger partial charge in [-0.1, -0.05) is 54.4 Å². The minimum Gasteiger partial charge on any atom is -0.345 e. The zero-order valence-electron chi connectivity index (χ0n) is 12.8. The van der Waals surface area contributed by atoms with Gasteiger partial charge in [-0.2, -0.15) is 0 Å². The van der Waals surface area contributed by atoms with Crippen molar-refractivity contribution in [2.24, 2.45) is 0 Å². The van der Waals surface area contributed by atoms with Crippen LogP contribution in [-0.4, -0.2) is 10.9 Å². The molecule has 3 nitrogen and oxygen atoms in total. The minimum atomic E-state index is -0.286. The summed E-state index contributed by atoms with van der Waals surface area (Å²) in [5.41, 5.74) is 3.19. The van der Waals surface area contributed by atoms with E-state index in [0.29, 0.717) is 10.7 Å². The van der Waals surface area contributed by atoms with Gasteiger partial charge in [0.05, 0.1) is 27.3 Å². The van der Waals surface area contributed by atoms with E-state index in [1.165, 1.54) is 11.8 Å². The highest BCUT2D eigenvalue weighted by molar-refractivity contribution is 6.44. The van der Waals surface area contributed by atoms with E-state index >= 15 is 0 Å². The Bertz CT molecular complexity index is 684. The molecule has 0 spiro atoms. The molecule has 0 aliphatic rings. The Morgan fingerprint density at radius 1 is 1.23 bits per heavy atom. The van der Waals surface area contributed by atoms with Gasteiger partial charge in [-0.05, 0) is 31.4 Å². The molecular formula is C17H18Cl2N2O. The summed E-state index contributed by atoms with van der Waals surface area (Å²) in [6.07, 6.45) is 2.44. The third kappa shape index (κ3) is 3.60. The number of nitrogens with zero attached hydrogens (tertiary/aromatic N) is 1. The largest absolute Gasteiger partial charge is 0.345 e. The van der Waals surface area contributed by atoms with Gasteiger partial charge in [0, 0.05) is 6.20 Å². The Hall–Kier alpha value is -1.58. The number of halogens is 2. The number of carbonyl (C=O) groups excluding carboxylic acids is 1. The van der Waals surface area contributed by atoms with E-state index in [9.17, 15) is 4.79 Å². The smallest absolute Gasteiger partial charge is 0.254 e. The molecule has 1 atom stereocenters. The summed E-state index contributed by atoms with van der Waals surface area (Å²) in [6, 6.07) is 8.04. The van der Waals surface area contributed by atoms with Crippen LogP contribution in [0.3, 0.4) is 0 Å². The van der Waals surface area contributed by atoms with Crippen molar-refractivity contribution in [3.8, 4) is 0 Å². The maximum Gasteiger partial charge on any atom is 0.254 e. The molecular weight excluding hydrogens is 319 g/mol. The number of carbonyl (C=O) groups is 1. The van der Waals surface area contributed by atoms with Gasteiger partial charge in [0.2, 0.25) is 0 Å². The number of aromatic nitrogens is 1. The number of hydrogen-bond donors (Lipinski definition) is 1. The molecule has 0 unspecified atom stereocenters. The first-order valence-corrected chi connectivity index (χ1v) is 7.90. The summed E-state index contributed by atoms with van der Waals surface area (Å²) < 4.78 is 0. The number of benzene rings is 1. The third-order valence-electron chi connectivity index (χ3n) is 3.61. The molecule has 22 heavy (non-hydrogen) atoms. The standard InChI is InChI=1S/C17H18Cl2N2O/c1-4-12-5-7-13(8-6-12)10(2)21-17(22)14-9-20-11(3)15(18)16(14)19/h5-10H,4H2,1-3H3,(H,21,22)/t10-/m1/s1. The van der Waals surface area contributed by atoms with Crippen LogP contribution in [0.15, 0.2) is 30.5 Å². The molecule has 0 aliphatic heterocycles. The number of amides is 1. The molecule has 0 radical (unpaired) electrons. The van der Waals surface area contributed by atoms with Crippen molar-refractivity contribution >= 4 is 29.1 Å². The molecule has 1 aromatic heterocycles. The maximum atomic E-state index is 12.3. The number of aryl methyl sites for hydroxylation is 2. The van der Waals surface area contributed by atoms with Gasteiger partial charge in [0.25, 0.3) is 5.91 Å². The number of rotatable bonds is 4. The van der Waals surface area contributed by atoms with Crippen LogP contribution in [-0.2, 0) is 6.42 Å². The highest BCUT2D eigenvalue weighted by Crippen LogP contribution is 2.28. The SMILES string of the molecule is CCc1ccc([C@@H](C)NC(=O)c2cnc(C)c(Cl)c2Cl)cc1. The summed E-state index contributed by atoms with van der Waals surface area (Å²) in [5.74, 6) is -0.286. The summed E-state index contributed by atoms with van der Waals surface area (Å²) >= 11 is 12.2. The predicted molar refractivity (Wildman–Crippen MR) is 90.7 cm³/mol. The van der Waals surface area contributed by atoms with Crippen LogP contribution in [0, 0.1) is 6.92 Å². The van der Waals surface area contributed by atoms with Gasteiger partial charge in [-0.15, -0.1) is 0 Å². The lowest BCUT2D eigenvalue weighted by Crippen LogP contribution is -2.27. The Balaban J connectivity index is 2.15. The quantitative estimate of drug-likeness (QED) is 0.875. The summed E-state index contributed by atoms with van der Waals surface area (Å²) in [4.78, 5) is 16.4. The number of pyridine rings is 1. The molecule has 0 fully saturated rings. The van der Waals surface area contributed by atoms with E-state index in [0.717, 1.165) is 12.0 Å². The van der Waals surface area contributed by atoms with Crippen molar-refractivity contribution < 1.29 is 4.79 Å². The first-order chi connectivity index (χ1) is 10.4. The fourth-order valence-electron chi connectivity index (χ4n) is 2.11. The topological polar surface area (TPSA) is 42.0 Å². The molecule has 2 rings (SSSR count). The average Bonchev–Trinajstić information content (AvgIpc) is 2.52. The van der Waals surface area contributed by atoms with Crippen molar-refractivity contribution in [2.75, 3.05) is 0 Å². The average molecular weight is 337 g/mol. The van der Waals surface area contributed by atoms with E-state index in [4.69, 9.17) is 23.2 Å². The van der Waals surface area contributed by atoms with Crippen LogP contribution in [0.25, 0.3) is 0 Å². The zero-order valence-corrected chi connectivity index (χ0v) is 14.3. The van der Waals surface area contributed by atoms with Crippen molar-refractivity contribution in [1.82, 2.24) is 10.3 Å². The summed E-state index contributed by atoms with van der Waals surface area (Å²) in [6.45, 7) is 5.78. The molecule has 116 valence electrons. The van der Waals surface area contributed by atoms with Crippen molar-refractivity contribution in [2.45, 2.75) is 33.2 Å². The van der Waals surface area contributed by atoms with Gasteiger partial charge in [-0.25, -0.2) is 0 Å². The Morgan fingerprint density at radius 2 is 1.86 bits per heavy atom. The first-order valence-electron chi connectivity index (χ1n) is 7.14. The molecule has 2 aromatic rings. The van der Waals surface area contributed by atoms with Crippen molar-refractivity contribution in [1.29, 1.82) is 0 Å². The monoisotopic (exact) mass is 336 g/mol. The molecule has 0 saturated heterocycles. The Morgan fingerprint density at radius 3 is 2.45 bits per heavy atom. The van der Waals surface area contributed by atoms with Crippen molar-refractivity contribution in [3.05, 3.63) is 62.9 Å². The van der Waals surface area contributed by atoms with Crippen LogP contribution in [0.2, 0.25) is 10.0 Å². The predicted octanol–water partition coefficient (Wildman–Crippen LogP) is 4.75. The van der Waals surface area contributed by atoms with Crippen LogP contribution < -0.4 is 5.32 Å². The second kappa shape index (κ2) is 7.12. The van der Waals surface area contributed by atoms with E-state index in [2.05, 4.69) is 29.4 Å². The Labute approximate surface area is 140 Å².